The Morgan fingerprint density at radius 1 is 0.267 bits per heavy atom. The van der Waals surface area contributed by atoms with Crippen LogP contribution in [0.3, 0.4) is 0 Å². The first-order valence-electron chi connectivity index (χ1n) is 45.8. The number of benzene rings is 18. The molecule has 0 spiro atoms. The predicted molar refractivity (Wildman–Crippen MR) is 549 cm³/mol. The lowest BCUT2D eigenvalue weighted by molar-refractivity contribution is 0.760. The molecule has 7 heteroatoms. The van der Waals surface area contributed by atoms with Gasteiger partial charge in [-0.15, -0.1) is 0 Å². The Morgan fingerprint density at radius 2 is 0.687 bits per heavy atom. The molecule has 3 aliphatic carbocycles. The highest BCUT2D eigenvalue weighted by atomic mass is 15.0. The van der Waals surface area contributed by atoms with Gasteiger partial charge >= 0.3 is 0 Å². The third kappa shape index (κ3) is 12.0. The van der Waals surface area contributed by atoms with Crippen molar-refractivity contribution in [1.29, 1.82) is 0 Å². The number of rotatable bonds is 13. The second-order valence-corrected chi connectivity index (χ2v) is 35.6. The fourth-order valence-corrected chi connectivity index (χ4v) is 22.3. The van der Waals surface area contributed by atoms with Crippen molar-refractivity contribution in [3.63, 3.8) is 0 Å². The summed E-state index contributed by atoms with van der Waals surface area (Å²) >= 11 is 0. The van der Waals surface area contributed by atoms with E-state index in [0.29, 0.717) is 6.42 Å². The summed E-state index contributed by atoms with van der Waals surface area (Å²) in [5.74, 6) is 0.854. The van der Waals surface area contributed by atoms with Crippen LogP contribution in [0, 0.1) is 0 Å². The molecule has 0 bridgehead atoms. The van der Waals surface area contributed by atoms with Gasteiger partial charge in [0, 0.05) is 110 Å². The van der Waals surface area contributed by atoms with Crippen LogP contribution in [0.5, 0.6) is 0 Å². The fraction of sp³-hybridized carbons (Fsp3) is 0.0484. The van der Waals surface area contributed by atoms with Crippen LogP contribution in [0.4, 0.5) is 0 Å². The Hall–Kier alpha value is -16.7. The Morgan fingerprint density at radius 3 is 1.24 bits per heavy atom. The van der Waals surface area contributed by atoms with Crippen LogP contribution in [0.15, 0.2) is 422 Å². The average molecular weight is 1670 g/mol. The Kier molecular flexibility index (Phi) is 17.0. The highest BCUT2D eigenvalue weighted by Gasteiger charge is 2.30. The summed E-state index contributed by atoms with van der Waals surface area (Å²) in [5.41, 5.74) is 35.1. The van der Waals surface area contributed by atoms with Crippen molar-refractivity contribution < 1.29 is 0 Å². The maximum atomic E-state index is 5.74. The number of fused-ring (bicyclic) bond motifs is 19. The summed E-state index contributed by atoms with van der Waals surface area (Å²) in [6.07, 6.45) is 15.9. The number of hydrogen-bond donors (Lipinski definition) is 0. The minimum Gasteiger partial charge on any atom is -0.310 e. The van der Waals surface area contributed by atoms with Gasteiger partial charge in [-0.05, 0) is 266 Å². The molecule has 5 aromatic heterocycles. The molecule has 0 saturated heterocycles. The van der Waals surface area contributed by atoms with Gasteiger partial charge in [0.25, 0.3) is 0 Å². The van der Waals surface area contributed by atoms with Gasteiger partial charge in [0.05, 0.1) is 61.6 Å². The highest BCUT2D eigenvalue weighted by molar-refractivity contribution is 6.17. The van der Waals surface area contributed by atoms with Gasteiger partial charge in [0.2, 0.25) is 0 Å². The largest absolute Gasteiger partial charge is 0.310 e. The van der Waals surface area contributed by atoms with Crippen LogP contribution in [-0.4, -0.2) is 34.4 Å². The maximum absolute atomic E-state index is 5.74. The molecule has 0 N–H and O–H groups in total. The molecule has 27 rings (SSSR count). The van der Waals surface area contributed by atoms with Gasteiger partial charge in [0.1, 0.15) is 0 Å². The van der Waals surface area contributed by atoms with Gasteiger partial charge in [-0.3, -0.25) is 4.99 Å². The van der Waals surface area contributed by atoms with Crippen molar-refractivity contribution in [2.45, 2.75) is 37.6 Å². The van der Waals surface area contributed by atoms with Crippen LogP contribution in [0.25, 0.3) is 207 Å². The lowest BCUT2D eigenvalue weighted by Crippen LogP contribution is -2.32. The lowest BCUT2D eigenvalue weighted by Gasteiger charge is -2.24. The standard InChI is InChI=1S/C124H83N7/c1-6-28-79(29-7-1)124-125-111(88-30-26-27-78(67-88)68-102-94-57-49-80(82-51-60-118-105(71-82)98-41-18-22-45-113(98)127(118)89-31-8-2-9-32-89)69-103(94)104-70-81(50-58-95(102)104)83-52-61-119-106(72-83)99-42-19-23-46-114(99)128(119)90-33-10-3-11-34-90)77-112(126-124)96-59-66-117(97-40-17-16-39-93(96)97)131-122-64-55-86(84-53-62-120-107(73-84)100-43-20-24-47-115(100)129(120)91-35-12-4-13-36-91)75-109(122)110-76-87(56-65-123(110)131)85-54-63-121-108(74-85)101-44-21-25-48-116(101)130(121)92-37-14-5-15-38-92/h1-20,22-24,26-54,56-76,86,112H,21,25,55,77H2. The zero-order valence-corrected chi connectivity index (χ0v) is 71.8. The van der Waals surface area contributed by atoms with Crippen molar-refractivity contribution in [2.24, 2.45) is 9.98 Å². The van der Waals surface area contributed by atoms with Gasteiger partial charge in [-0.2, -0.15) is 0 Å². The van der Waals surface area contributed by atoms with Crippen LogP contribution in [-0.2, 0) is 0 Å². The molecule has 2 atom stereocenters. The van der Waals surface area contributed by atoms with Gasteiger partial charge in [0.15, 0.2) is 5.84 Å². The maximum Gasteiger partial charge on any atom is 0.155 e. The van der Waals surface area contributed by atoms with Crippen molar-refractivity contribution in [1.82, 2.24) is 22.8 Å². The Bertz CT molecular complexity index is 8940. The van der Waals surface area contributed by atoms with Crippen LogP contribution in [0.2, 0.25) is 0 Å². The van der Waals surface area contributed by atoms with E-state index in [9.17, 15) is 0 Å². The third-order valence-corrected chi connectivity index (χ3v) is 28.3. The number of para-hydroxylation sites is 7. The van der Waals surface area contributed by atoms with E-state index in [0.717, 1.165) is 70.2 Å². The molecule has 0 saturated carbocycles. The van der Waals surface area contributed by atoms with E-state index in [4.69, 9.17) is 9.98 Å². The summed E-state index contributed by atoms with van der Waals surface area (Å²) < 4.78 is 12.2. The molecule has 18 aromatic carbocycles. The van der Waals surface area contributed by atoms with Crippen LogP contribution in [0.1, 0.15) is 76.6 Å². The summed E-state index contributed by atoms with van der Waals surface area (Å²) in [4.78, 5) is 11.4. The van der Waals surface area contributed by atoms with Gasteiger partial charge in [-0.25, -0.2) is 4.99 Å². The molecule has 0 amide bonds. The number of amidine groups is 1. The number of aliphatic imine (C=N–C) groups is 2. The van der Waals surface area contributed by atoms with E-state index in [2.05, 4.69) is 466 Å². The summed E-state index contributed by atoms with van der Waals surface area (Å²) in [7, 11) is 0. The first kappa shape index (κ1) is 74.5. The van der Waals surface area contributed by atoms with Crippen molar-refractivity contribution in [2.75, 3.05) is 0 Å². The smallest absolute Gasteiger partial charge is 0.155 e. The quantitative estimate of drug-likeness (QED) is 0.110. The zero-order valence-electron chi connectivity index (χ0n) is 71.8. The van der Waals surface area contributed by atoms with E-state index < -0.39 is 0 Å². The molecular weight excluding hydrogens is 1590 g/mol. The molecule has 131 heavy (non-hydrogen) atoms. The molecule has 1 aliphatic heterocycles. The molecule has 0 fully saturated rings. The van der Waals surface area contributed by atoms with E-state index in [1.54, 1.807) is 0 Å². The number of hydrogen-bond acceptors (Lipinski definition) is 2. The lowest BCUT2D eigenvalue weighted by atomic mass is 9.90. The summed E-state index contributed by atoms with van der Waals surface area (Å²) in [5, 5.41) is 17.4. The molecule has 6 heterocycles. The Labute approximate surface area is 756 Å². The van der Waals surface area contributed by atoms with Crippen LogP contribution < -0.4 is 21.1 Å². The van der Waals surface area contributed by atoms with Crippen LogP contribution >= 0.6 is 0 Å². The molecule has 0 radical (unpaired) electrons. The number of aromatic nitrogens is 5. The topological polar surface area (TPSA) is 49.4 Å². The molecule has 614 valence electrons. The van der Waals surface area contributed by atoms with E-state index >= 15 is 0 Å². The average Bonchev–Trinajstić information content (AvgIpc) is 1.61. The second kappa shape index (κ2) is 30.0. The van der Waals surface area contributed by atoms with E-state index in [1.165, 1.54) is 197 Å². The number of nitrogens with zero attached hydrogens (tertiary/aromatic N) is 7. The second-order valence-electron chi connectivity index (χ2n) is 35.6. The first-order chi connectivity index (χ1) is 64.9. The minimum absolute atomic E-state index is 0.125. The Balaban J connectivity index is 0.575. The SMILES string of the molecule is C(=C1c2ccc(-c3ccc4c(c3)c3ccccc3n4-c3ccccc3)cc2-c2cc(-c3ccc4c(c3)c3ccccc3n4-c3ccccc3)ccc21)c1cccc(C2=NC(c3ccccc3)=NC(c3ccc(-n4c5c(c6cc(-c7ccc8c(c7)c7c(n8-c8ccccc8)=CCCC=7)ccc64)=CC(c4ccc6c(c4)c4ccccc4n6-c4ccccc4)CC=5)c4ccccc34)C2)c1. The van der Waals surface area contributed by atoms with E-state index in [1.807, 2.05) is 0 Å². The molecule has 23 aromatic rings. The minimum atomic E-state index is -0.261. The van der Waals surface area contributed by atoms with Gasteiger partial charge in [-0.1, -0.05) is 285 Å². The predicted octanol–water partition coefficient (Wildman–Crippen LogP) is 28.1. The fourth-order valence-electron chi connectivity index (χ4n) is 22.3. The molecular formula is C124H83N7. The van der Waals surface area contributed by atoms with Crippen molar-refractivity contribution in [3.8, 4) is 72.9 Å². The normalized spacial score (nSPS) is 14.6. The zero-order chi connectivity index (χ0) is 85.9. The highest BCUT2D eigenvalue weighted by Crippen LogP contribution is 2.50. The van der Waals surface area contributed by atoms with Crippen molar-refractivity contribution in [3.05, 3.63) is 473 Å². The summed E-state index contributed by atoms with van der Waals surface area (Å²) in [6.45, 7) is 0. The van der Waals surface area contributed by atoms with E-state index in [-0.39, 0.29) is 12.0 Å². The summed E-state index contributed by atoms with van der Waals surface area (Å²) in [6, 6.07) is 153. The molecule has 4 aliphatic rings. The van der Waals surface area contributed by atoms with Gasteiger partial charge < -0.3 is 22.8 Å². The first-order valence-corrected chi connectivity index (χ1v) is 45.8. The molecule has 7 nitrogen and oxygen atoms in total. The third-order valence-electron chi connectivity index (χ3n) is 28.3. The monoisotopic (exact) mass is 1670 g/mol. The van der Waals surface area contributed by atoms with Crippen molar-refractivity contribution >= 4 is 145 Å². The molecule has 2 unspecified atom stereocenters.